The Labute approximate surface area is 89.1 Å². The summed E-state index contributed by atoms with van der Waals surface area (Å²) in [6, 6.07) is 10.1. The van der Waals surface area contributed by atoms with Crippen molar-refractivity contribution in [2.45, 2.75) is 13.0 Å². The maximum Gasteiger partial charge on any atom is 0.230 e. The first-order valence-corrected chi connectivity index (χ1v) is 5.96. The van der Waals surface area contributed by atoms with Crippen molar-refractivity contribution in [2.75, 3.05) is 12.0 Å². The summed E-state index contributed by atoms with van der Waals surface area (Å²) in [5, 5.41) is 2.94. The first-order chi connectivity index (χ1) is 6.74. The zero-order valence-corrected chi connectivity index (χ0v) is 9.30. The van der Waals surface area contributed by atoms with Gasteiger partial charge in [-0.1, -0.05) is 30.3 Å². The van der Waals surface area contributed by atoms with Crippen molar-refractivity contribution in [3.05, 3.63) is 35.9 Å². The van der Waals surface area contributed by atoms with Gasteiger partial charge in [-0.15, -0.1) is 0 Å². The molecule has 1 aromatic rings. The molecule has 0 saturated carbocycles. The summed E-state index contributed by atoms with van der Waals surface area (Å²) in [5.74, 6) is 0.617. The molecular weight excluding hydrogens is 194 g/mol. The molecule has 0 radical (unpaired) electrons. The van der Waals surface area contributed by atoms with Gasteiger partial charge in [-0.05, 0) is 18.7 Å². The first-order valence-electron chi connectivity index (χ1n) is 4.57. The SMILES string of the molecule is CSCC(=O)NC(C)c1ccccc1. The second kappa shape index (κ2) is 5.70. The van der Waals surface area contributed by atoms with Gasteiger partial charge < -0.3 is 5.32 Å². The van der Waals surface area contributed by atoms with Crippen LogP contribution in [0.2, 0.25) is 0 Å². The van der Waals surface area contributed by atoms with Crippen molar-refractivity contribution >= 4 is 17.7 Å². The van der Waals surface area contributed by atoms with E-state index in [1.165, 1.54) is 11.8 Å². The molecule has 0 heterocycles. The van der Waals surface area contributed by atoms with Gasteiger partial charge in [0.25, 0.3) is 0 Å². The van der Waals surface area contributed by atoms with Crippen LogP contribution in [0.15, 0.2) is 30.3 Å². The van der Waals surface area contributed by atoms with E-state index in [1.54, 1.807) is 0 Å². The summed E-state index contributed by atoms with van der Waals surface area (Å²) >= 11 is 1.53. The lowest BCUT2D eigenvalue weighted by atomic mass is 10.1. The van der Waals surface area contributed by atoms with E-state index in [0.717, 1.165) is 5.56 Å². The standard InChI is InChI=1S/C11H15NOS/c1-9(12-11(13)8-14-2)10-6-4-3-5-7-10/h3-7,9H,8H2,1-2H3,(H,12,13). The van der Waals surface area contributed by atoms with Gasteiger partial charge in [0.15, 0.2) is 0 Å². The lowest BCUT2D eigenvalue weighted by molar-refractivity contribution is -0.119. The van der Waals surface area contributed by atoms with Crippen LogP contribution in [0.1, 0.15) is 18.5 Å². The minimum atomic E-state index is 0.0915. The van der Waals surface area contributed by atoms with Crippen molar-refractivity contribution in [1.29, 1.82) is 0 Å². The van der Waals surface area contributed by atoms with Crippen LogP contribution < -0.4 is 5.32 Å². The van der Waals surface area contributed by atoms with E-state index in [1.807, 2.05) is 43.5 Å². The maximum atomic E-state index is 11.3. The molecule has 0 aliphatic heterocycles. The molecule has 0 fully saturated rings. The minimum Gasteiger partial charge on any atom is -0.349 e. The number of carbonyl (C=O) groups is 1. The highest BCUT2D eigenvalue weighted by atomic mass is 32.2. The normalized spacial score (nSPS) is 12.1. The number of benzene rings is 1. The third-order valence-electron chi connectivity index (χ3n) is 1.95. The monoisotopic (exact) mass is 209 g/mol. The lowest BCUT2D eigenvalue weighted by Crippen LogP contribution is -2.27. The Bertz CT molecular complexity index is 287. The Balaban J connectivity index is 2.50. The van der Waals surface area contributed by atoms with Crippen LogP contribution in [0.25, 0.3) is 0 Å². The molecule has 0 aromatic heterocycles. The highest BCUT2D eigenvalue weighted by molar-refractivity contribution is 7.99. The van der Waals surface area contributed by atoms with Crippen LogP contribution in [0.4, 0.5) is 0 Å². The Kier molecular flexibility index (Phi) is 4.53. The number of nitrogens with one attached hydrogen (secondary N) is 1. The minimum absolute atomic E-state index is 0.0915. The number of thioether (sulfide) groups is 1. The van der Waals surface area contributed by atoms with Crippen LogP contribution >= 0.6 is 11.8 Å². The molecule has 1 atom stereocenters. The third-order valence-corrected chi connectivity index (χ3v) is 2.50. The molecule has 0 aliphatic rings. The van der Waals surface area contributed by atoms with Gasteiger partial charge >= 0.3 is 0 Å². The Morgan fingerprint density at radius 3 is 2.64 bits per heavy atom. The van der Waals surface area contributed by atoms with Crippen molar-refractivity contribution < 1.29 is 4.79 Å². The second-order valence-corrected chi connectivity index (χ2v) is 4.00. The molecule has 14 heavy (non-hydrogen) atoms. The van der Waals surface area contributed by atoms with E-state index >= 15 is 0 Å². The fourth-order valence-electron chi connectivity index (χ4n) is 1.24. The van der Waals surface area contributed by atoms with Crippen LogP contribution in [0.5, 0.6) is 0 Å². The Morgan fingerprint density at radius 1 is 1.43 bits per heavy atom. The van der Waals surface area contributed by atoms with Crippen LogP contribution in [0, 0.1) is 0 Å². The summed E-state index contributed by atoms with van der Waals surface area (Å²) in [4.78, 5) is 11.3. The molecule has 0 spiro atoms. The van der Waals surface area contributed by atoms with Gasteiger partial charge in [0.2, 0.25) is 5.91 Å². The smallest absolute Gasteiger partial charge is 0.230 e. The number of amides is 1. The van der Waals surface area contributed by atoms with Gasteiger partial charge in [-0.3, -0.25) is 4.79 Å². The number of hydrogen-bond donors (Lipinski definition) is 1. The van der Waals surface area contributed by atoms with Gasteiger partial charge in [0.1, 0.15) is 0 Å². The molecule has 1 rings (SSSR count). The van der Waals surface area contributed by atoms with Crippen LogP contribution in [-0.4, -0.2) is 17.9 Å². The molecule has 1 amide bonds. The fourth-order valence-corrected chi connectivity index (χ4v) is 1.58. The largest absolute Gasteiger partial charge is 0.349 e. The fraction of sp³-hybridized carbons (Fsp3) is 0.364. The van der Waals surface area contributed by atoms with Crippen molar-refractivity contribution in [2.24, 2.45) is 0 Å². The van der Waals surface area contributed by atoms with Gasteiger partial charge in [0, 0.05) is 0 Å². The summed E-state index contributed by atoms with van der Waals surface area (Å²) < 4.78 is 0. The lowest BCUT2D eigenvalue weighted by Gasteiger charge is -2.13. The van der Waals surface area contributed by atoms with E-state index in [0.29, 0.717) is 5.75 Å². The Hall–Kier alpha value is -0.960. The maximum absolute atomic E-state index is 11.3. The molecule has 0 saturated heterocycles. The highest BCUT2D eigenvalue weighted by Gasteiger charge is 2.07. The molecule has 3 heteroatoms. The average Bonchev–Trinajstić information content (AvgIpc) is 2.19. The summed E-state index contributed by atoms with van der Waals surface area (Å²) in [7, 11) is 0. The average molecular weight is 209 g/mol. The molecule has 2 nitrogen and oxygen atoms in total. The zero-order chi connectivity index (χ0) is 10.4. The van der Waals surface area contributed by atoms with Crippen LogP contribution in [0.3, 0.4) is 0 Å². The molecule has 1 unspecified atom stereocenters. The summed E-state index contributed by atoms with van der Waals surface area (Å²) in [6.07, 6.45) is 1.92. The second-order valence-electron chi connectivity index (χ2n) is 3.13. The molecule has 0 bridgehead atoms. The molecule has 1 N–H and O–H groups in total. The predicted molar refractivity (Wildman–Crippen MR) is 61.4 cm³/mol. The molecular formula is C11H15NOS. The van der Waals surface area contributed by atoms with E-state index in [9.17, 15) is 4.79 Å². The van der Waals surface area contributed by atoms with Gasteiger partial charge in [0.05, 0.1) is 11.8 Å². The van der Waals surface area contributed by atoms with E-state index in [-0.39, 0.29) is 11.9 Å². The van der Waals surface area contributed by atoms with Crippen LogP contribution in [-0.2, 0) is 4.79 Å². The summed E-state index contributed by atoms with van der Waals surface area (Å²) in [5.41, 5.74) is 1.14. The third kappa shape index (κ3) is 3.42. The summed E-state index contributed by atoms with van der Waals surface area (Å²) in [6.45, 7) is 1.99. The zero-order valence-electron chi connectivity index (χ0n) is 8.49. The van der Waals surface area contributed by atoms with E-state index < -0.39 is 0 Å². The van der Waals surface area contributed by atoms with Crippen molar-refractivity contribution in [1.82, 2.24) is 5.32 Å². The number of carbonyl (C=O) groups excluding carboxylic acids is 1. The van der Waals surface area contributed by atoms with Crippen molar-refractivity contribution in [3.8, 4) is 0 Å². The highest BCUT2D eigenvalue weighted by Crippen LogP contribution is 2.10. The molecule has 0 aliphatic carbocycles. The number of rotatable bonds is 4. The van der Waals surface area contributed by atoms with Gasteiger partial charge in [-0.25, -0.2) is 0 Å². The molecule has 1 aromatic carbocycles. The van der Waals surface area contributed by atoms with Gasteiger partial charge in [-0.2, -0.15) is 11.8 Å². The first kappa shape index (κ1) is 11.1. The predicted octanol–water partition coefficient (Wildman–Crippen LogP) is 2.23. The number of hydrogen-bond acceptors (Lipinski definition) is 2. The topological polar surface area (TPSA) is 29.1 Å². The Morgan fingerprint density at radius 2 is 2.07 bits per heavy atom. The van der Waals surface area contributed by atoms with E-state index in [4.69, 9.17) is 0 Å². The van der Waals surface area contributed by atoms with Crippen molar-refractivity contribution in [3.63, 3.8) is 0 Å². The molecule has 76 valence electrons. The van der Waals surface area contributed by atoms with E-state index in [2.05, 4.69) is 5.32 Å². The quantitative estimate of drug-likeness (QED) is 0.824.